The number of aliphatic hydroxyl groups is 1. The molecular formula is C16H21N3O2. The molecule has 0 aliphatic carbocycles. The first-order chi connectivity index (χ1) is 9.86. The van der Waals surface area contributed by atoms with Crippen LogP contribution < -0.4 is 5.32 Å². The lowest BCUT2D eigenvalue weighted by Crippen LogP contribution is -2.20. The van der Waals surface area contributed by atoms with Gasteiger partial charge in [-0.2, -0.15) is 5.10 Å². The molecule has 1 heterocycles. The van der Waals surface area contributed by atoms with Crippen LogP contribution in [0, 0.1) is 20.8 Å². The van der Waals surface area contributed by atoms with Gasteiger partial charge in [0, 0.05) is 11.9 Å². The molecule has 0 radical (unpaired) electrons. The summed E-state index contributed by atoms with van der Waals surface area (Å²) in [7, 11) is 0. The summed E-state index contributed by atoms with van der Waals surface area (Å²) < 4.78 is 1.52. The fraction of sp³-hybridized carbons (Fsp3) is 0.375. The van der Waals surface area contributed by atoms with Crippen molar-refractivity contribution < 1.29 is 9.90 Å². The van der Waals surface area contributed by atoms with E-state index in [1.807, 2.05) is 32.9 Å². The highest BCUT2D eigenvalue weighted by atomic mass is 16.3. The van der Waals surface area contributed by atoms with E-state index >= 15 is 0 Å². The number of aliphatic hydroxyl groups excluding tert-OH is 1. The van der Waals surface area contributed by atoms with Crippen LogP contribution in [0.3, 0.4) is 0 Å². The molecule has 5 nitrogen and oxygen atoms in total. The van der Waals surface area contributed by atoms with Gasteiger partial charge in [-0.15, -0.1) is 0 Å². The lowest BCUT2D eigenvalue weighted by molar-refractivity contribution is -0.116. The minimum atomic E-state index is -0.629. The summed E-state index contributed by atoms with van der Waals surface area (Å²) in [5.74, 6) is -0.134. The van der Waals surface area contributed by atoms with Crippen molar-refractivity contribution in [2.75, 3.05) is 5.32 Å². The minimum Gasteiger partial charge on any atom is -0.387 e. The number of rotatable bonds is 4. The fourth-order valence-electron chi connectivity index (χ4n) is 2.39. The molecule has 0 spiro atoms. The van der Waals surface area contributed by atoms with Crippen LogP contribution in [0.1, 0.15) is 35.4 Å². The lowest BCUT2D eigenvalue weighted by atomic mass is 10.1. The molecule has 0 bridgehead atoms. The summed E-state index contributed by atoms with van der Waals surface area (Å²) in [5.41, 5.74) is 4.69. The molecule has 0 aliphatic heterocycles. The van der Waals surface area contributed by atoms with Crippen LogP contribution in [0.5, 0.6) is 0 Å². The Morgan fingerprint density at radius 3 is 2.48 bits per heavy atom. The van der Waals surface area contributed by atoms with Gasteiger partial charge in [-0.1, -0.05) is 17.7 Å². The highest BCUT2D eigenvalue weighted by Crippen LogP contribution is 2.21. The quantitative estimate of drug-likeness (QED) is 0.908. The van der Waals surface area contributed by atoms with Crippen LogP contribution in [0.4, 0.5) is 5.69 Å². The smallest absolute Gasteiger partial charge is 0.246 e. The highest BCUT2D eigenvalue weighted by Gasteiger charge is 2.11. The Morgan fingerprint density at radius 1 is 1.33 bits per heavy atom. The number of benzene rings is 1. The maximum absolute atomic E-state index is 12.1. The van der Waals surface area contributed by atoms with E-state index in [1.54, 1.807) is 19.2 Å². The molecule has 0 aliphatic rings. The van der Waals surface area contributed by atoms with Crippen molar-refractivity contribution in [1.29, 1.82) is 0 Å². The number of aryl methyl sites for hydroxylation is 3. The van der Waals surface area contributed by atoms with Crippen molar-refractivity contribution in [2.24, 2.45) is 0 Å². The van der Waals surface area contributed by atoms with Crippen LogP contribution in [0.25, 0.3) is 0 Å². The summed E-state index contributed by atoms with van der Waals surface area (Å²) in [5, 5.41) is 16.5. The Hall–Kier alpha value is -2.14. The van der Waals surface area contributed by atoms with Crippen LogP contribution in [0.2, 0.25) is 0 Å². The Labute approximate surface area is 124 Å². The van der Waals surface area contributed by atoms with E-state index in [0.717, 1.165) is 16.8 Å². The number of nitrogens with one attached hydrogen (secondary N) is 1. The molecular weight excluding hydrogens is 266 g/mol. The van der Waals surface area contributed by atoms with Gasteiger partial charge in [0.05, 0.1) is 11.8 Å². The Balaban J connectivity index is 2.08. The molecule has 0 fully saturated rings. The second-order valence-electron chi connectivity index (χ2n) is 5.44. The molecule has 1 aromatic heterocycles. The number of aromatic nitrogens is 2. The molecule has 1 amide bonds. The van der Waals surface area contributed by atoms with Gasteiger partial charge in [0.1, 0.15) is 6.54 Å². The zero-order chi connectivity index (χ0) is 15.6. The SMILES string of the molecule is Cc1cc(C)c(NC(=O)Cn2ccc([C@H](C)O)n2)c(C)c1. The molecule has 2 rings (SSSR count). The van der Waals surface area contributed by atoms with Crippen molar-refractivity contribution >= 4 is 11.6 Å². The lowest BCUT2D eigenvalue weighted by Gasteiger charge is -2.13. The number of anilines is 1. The first-order valence-corrected chi connectivity index (χ1v) is 6.96. The third-order valence-electron chi connectivity index (χ3n) is 3.34. The van der Waals surface area contributed by atoms with Crippen LogP contribution in [0.15, 0.2) is 24.4 Å². The number of amides is 1. The summed E-state index contributed by atoms with van der Waals surface area (Å²) >= 11 is 0. The summed E-state index contributed by atoms with van der Waals surface area (Å²) in [6, 6.07) is 5.80. The summed E-state index contributed by atoms with van der Waals surface area (Å²) in [4.78, 5) is 12.1. The number of nitrogens with zero attached hydrogens (tertiary/aromatic N) is 2. The highest BCUT2D eigenvalue weighted by molar-refractivity contribution is 5.92. The number of hydrogen-bond donors (Lipinski definition) is 2. The van der Waals surface area contributed by atoms with Gasteiger partial charge in [0.25, 0.3) is 0 Å². The van der Waals surface area contributed by atoms with Crippen LogP contribution in [-0.2, 0) is 11.3 Å². The van der Waals surface area contributed by atoms with Crippen molar-refractivity contribution in [2.45, 2.75) is 40.3 Å². The van der Waals surface area contributed by atoms with Crippen LogP contribution in [-0.4, -0.2) is 20.8 Å². The van der Waals surface area contributed by atoms with Crippen LogP contribution >= 0.6 is 0 Å². The first-order valence-electron chi connectivity index (χ1n) is 6.96. The Bertz CT molecular complexity index is 636. The first kappa shape index (κ1) is 15.3. The Kier molecular flexibility index (Phi) is 4.43. The fourth-order valence-corrected chi connectivity index (χ4v) is 2.39. The predicted octanol–water partition coefficient (Wildman–Crippen LogP) is 2.50. The topological polar surface area (TPSA) is 67.2 Å². The monoisotopic (exact) mass is 287 g/mol. The van der Waals surface area contributed by atoms with Gasteiger partial charge in [-0.3, -0.25) is 9.48 Å². The number of carbonyl (C=O) groups is 1. The number of carbonyl (C=O) groups excluding carboxylic acids is 1. The van der Waals surface area contributed by atoms with Crippen molar-refractivity contribution in [3.63, 3.8) is 0 Å². The third-order valence-corrected chi connectivity index (χ3v) is 3.34. The second kappa shape index (κ2) is 6.10. The van der Waals surface area contributed by atoms with Gasteiger partial charge in [0.15, 0.2) is 0 Å². The molecule has 2 aromatic rings. The Morgan fingerprint density at radius 2 is 1.95 bits per heavy atom. The molecule has 21 heavy (non-hydrogen) atoms. The van der Waals surface area contributed by atoms with E-state index in [4.69, 9.17) is 0 Å². The maximum Gasteiger partial charge on any atom is 0.246 e. The maximum atomic E-state index is 12.1. The van der Waals surface area contributed by atoms with Gasteiger partial charge >= 0.3 is 0 Å². The van der Waals surface area contributed by atoms with Gasteiger partial charge in [-0.05, 0) is 44.9 Å². The van der Waals surface area contributed by atoms with Gasteiger partial charge in [0.2, 0.25) is 5.91 Å². The third kappa shape index (κ3) is 3.70. The van der Waals surface area contributed by atoms with E-state index in [1.165, 1.54) is 10.2 Å². The van der Waals surface area contributed by atoms with Gasteiger partial charge in [-0.25, -0.2) is 0 Å². The minimum absolute atomic E-state index is 0.124. The van der Waals surface area contributed by atoms with Crippen molar-refractivity contribution in [1.82, 2.24) is 9.78 Å². The van der Waals surface area contributed by atoms with E-state index in [2.05, 4.69) is 10.4 Å². The summed E-state index contributed by atoms with van der Waals surface area (Å²) in [6.45, 7) is 7.77. The summed E-state index contributed by atoms with van der Waals surface area (Å²) in [6.07, 6.45) is 1.06. The molecule has 0 saturated heterocycles. The van der Waals surface area contributed by atoms with Crippen molar-refractivity contribution in [3.05, 3.63) is 46.8 Å². The normalized spacial score (nSPS) is 12.2. The standard InChI is InChI=1S/C16H21N3O2/c1-10-7-11(2)16(12(3)8-10)17-15(21)9-19-6-5-14(18-19)13(4)20/h5-8,13,20H,9H2,1-4H3,(H,17,21)/t13-/m0/s1. The second-order valence-corrected chi connectivity index (χ2v) is 5.44. The van der Waals surface area contributed by atoms with E-state index in [-0.39, 0.29) is 12.5 Å². The van der Waals surface area contributed by atoms with Crippen molar-refractivity contribution in [3.8, 4) is 0 Å². The van der Waals surface area contributed by atoms with E-state index in [9.17, 15) is 9.90 Å². The zero-order valence-electron chi connectivity index (χ0n) is 12.8. The molecule has 0 unspecified atom stereocenters. The molecule has 112 valence electrons. The number of hydrogen-bond acceptors (Lipinski definition) is 3. The van der Waals surface area contributed by atoms with E-state index < -0.39 is 6.10 Å². The largest absolute Gasteiger partial charge is 0.387 e. The molecule has 2 N–H and O–H groups in total. The molecule has 0 saturated carbocycles. The molecule has 1 aromatic carbocycles. The molecule has 5 heteroatoms. The molecule has 1 atom stereocenters. The zero-order valence-corrected chi connectivity index (χ0v) is 12.8. The van der Waals surface area contributed by atoms with Gasteiger partial charge < -0.3 is 10.4 Å². The average molecular weight is 287 g/mol. The van der Waals surface area contributed by atoms with E-state index in [0.29, 0.717) is 5.69 Å². The average Bonchev–Trinajstić information content (AvgIpc) is 2.82. The predicted molar refractivity (Wildman–Crippen MR) is 82.1 cm³/mol.